The molecule has 0 aromatic carbocycles. The van der Waals surface area contributed by atoms with Crippen LogP contribution in [0.25, 0.3) is 0 Å². The average molecular weight is 229 g/mol. The molecule has 94 valence electrons. The first-order valence-corrected chi connectivity index (χ1v) is 6.25. The van der Waals surface area contributed by atoms with Crippen molar-refractivity contribution in [1.82, 2.24) is 5.32 Å². The second-order valence-corrected chi connectivity index (χ2v) is 4.26. The van der Waals surface area contributed by atoms with Crippen molar-refractivity contribution >= 4 is 5.97 Å². The first-order valence-electron chi connectivity index (χ1n) is 6.25. The lowest BCUT2D eigenvalue weighted by Crippen LogP contribution is -2.39. The van der Waals surface area contributed by atoms with Crippen LogP contribution in [0.5, 0.6) is 0 Å². The fourth-order valence-electron chi connectivity index (χ4n) is 1.83. The summed E-state index contributed by atoms with van der Waals surface area (Å²) in [6, 6.07) is -0.119. The van der Waals surface area contributed by atoms with E-state index in [4.69, 9.17) is 9.47 Å². The van der Waals surface area contributed by atoms with Crippen molar-refractivity contribution < 1.29 is 14.3 Å². The summed E-state index contributed by atoms with van der Waals surface area (Å²) in [6.07, 6.45) is 4.19. The van der Waals surface area contributed by atoms with E-state index in [1.807, 2.05) is 13.8 Å². The summed E-state index contributed by atoms with van der Waals surface area (Å²) in [6.45, 7) is 5.85. The van der Waals surface area contributed by atoms with E-state index in [0.717, 1.165) is 25.8 Å². The zero-order chi connectivity index (χ0) is 11.8. The maximum absolute atomic E-state index is 11.8. The molecular weight excluding hydrogens is 206 g/mol. The highest BCUT2D eigenvalue weighted by Gasteiger charge is 2.22. The van der Waals surface area contributed by atoms with Gasteiger partial charge in [0.05, 0.1) is 6.61 Å². The van der Waals surface area contributed by atoms with Gasteiger partial charge in [-0.05, 0) is 33.2 Å². The Kier molecular flexibility index (Phi) is 6.42. The van der Waals surface area contributed by atoms with Crippen LogP contribution in [0.3, 0.4) is 0 Å². The molecule has 0 radical (unpaired) electrons. The zero-order valence-electron chi connectivity index (χ0n) is 10.3. The van der Waals surface area contributed by atoms with Gasteiger partial charge in [0.2, 0.25) is 0 Å². The molecule has 2 unspecified atom stereocenters. The molecule has 0 saturated carbocycles. The van der Waals surface area contributed by atoms with E-state index in [2.05, 4.69) is 5.32 Å². The third-order valence-electron chi connectivity index (χ3n) is 2.72. The molecule has 0 spiro atoms. The minimum atomic E-state index is -0.155. The van der Waals surface area contributed by atoms with Crippen molar-refractivity contribution in [2.45, 2.75) is 51.7 Å². The lowest BCUT2D eigenvalue weighted by atomic mass is 10.1. The Balaban J connectivity index is 2.26. The largest absolute Gasteiger partial charge is 0.459 e. The number of ether oxygens (including phenoxy) is 2. The standard InChI is InChI=1S/C12H23NO3/c1-3-15-9-10(2)16-12(14)11-7-5-4-6-8-13-11/h10-11,13H,3-9H2,1-2H3. The smallest absolute Gasteiger partial charge is 0.323 e. The topological polar surface area (TPSA) is 47.6 Å². The fraction of sp³-hybridized carbons (Fsp3) is 0.917. The second-order valence-electron chi connectivity index (χ2n) is 4.26. The maximum atomic E-state index is 11.8. The van der Waals surface area contributed by atoms with Crippen molar-refractivity contribution in [3.8, 4) is 0 Å². The van der Waals surface area contributed by atoms with Crippen LogP contribution in [0.2, 0.25) is 0 Å². The predicted octanol–water partition coefficient (Wildman–Crippen LogP) is 1.49. The summed E-state index contributed by atoms with van der Waals surface area (Å²) in [5.74, 6) is -0.130. The van der Waals surface area contributed by atoms with Crippen LogP contribution in [0.4, 0.5) is 0 Å². The Labute approximate surface area is 97.7 Å². The van der Waals surface area contributed by atoms with Gasteiger partial charge in [-0.25, -0.2) is 0 Å². The molecule has 1 N–H and O–H groups in total. The van der Waals surface area contributed by atoms with E-state index in [-0.39, 0.29) is 18.1 Å². The molecule has 0 aliphatic carbocycles. The Hall–Kier alpha value is -0.610. The molecule has 1 fully saturated rings. The van der Waals surface area contributed by atoms with E-state index >= 15 is 0 Å². The van der Waals surface area contributed by atoms with Crippen LogP contribution in [-0.2, 0) is 14.3 Å². The van der Waals surface area contributed by atoms with Gasteiger partial charge in [0, 0.05) is 6.61 Å². The van der Waals surface area contributed by atoms with Crippen LogP contribution in [0.1, 0.15) is 39.5 Å². The highest BCUT2D eigenvalue weighted by atomic mass is 16.6. The van der Waals surface area contributed by atoms with E-state index in [0.29, 0.717) is 13.2 Å². The van der Waals surface area contributed by atoms with Gasteiger partial charge >= 0.3 is 5.97 Å². The summed E-state index contributed by atoms with van der Waals surface area (Å²) in [5.41, 5.74) is 0. The third-order valence-corrected chi connectivity index (χ3v) is 2.72. The highest BCUT2D eigenvalue weighted by molar-refractivity contribution is 5.75. The normalized spacial score (nSPS) is 23.5. The Bertz CT molecular complexity index is 200. The first-order chi connectivity index (χ1) is 7.74. The van der Waals surface area contributed by atoms with Crippen molar-refractivity contribution in [1.29, 1.82) is 0 Å². The maximum Gasteiger partial charge on any atom is 0.323 e. The molecule has 1 aliphatic heterocycles. The number of carbonyl (C=O) groups is 1. The molecule has 1 saturated heterocycles. The van der Waals surface area contributed by atoms with Crippen LogP contribution in [-0.4, -0.2) is 37.9 Å². The van der Waals surface area contributed by atoms with Crippen LogP contribution >= 0.6 is 0 Å². The van der Waals surface area contributed by atoms with Crippen molar-refractivity contribution in [2.24, 2.45) is 0 Å². The van der Waals surface area contributed by atoms with Gasteiger partial charge in [0.1, 0.15) is 12.1 Å². The molecular formula is C12H23NO3. The van der Waals surface area contributed by atoms with Crippen molar-refractivity contribution in [2.75, 3.05) is 19.8 Å². The summed E-state index contributed by atoms with van der Waals surface area (Å²) in [4.78, 5) is 11.8. The summed E-state index contributed by atoms with van der Waals surface area (Å²) in [5, 5.41) is 3.23. The molecule has 0 aromatic heterocycles. The van der Waals surface area contributed by atoms with Gasteiger partial charge < -0.3 is 14.8 Å². The Morgan fingerprint density at radius 1 is 1.44 bits per heavy atom. The first kappa shape index (κ1) is 13.5. The zero-order valence-corrected chi connectivity index (χ0v) is 10.3. The molecule has 2 atom stereocenters. The molecule has 1 aliphatic rings. The summed E-state index contributed by atoms with van der Waals surface area (Å²) in [7, 11) is 0. The summed E-state index contributed by atoms with van der Waals surface area (Å²) < 4.78 is 10.5. The van der Waals surface area contributed by atoms with Crippen LogP contribution in [0.15, 0.2) is 0 Å². The molecule has 4 heteroatoms. The minimum absolute atomic E-state index is 0.119. The lowest BCUT2D eigenvalue weighted by Gasteiger charge is -2.18. The van der Waals surface area contributed by atoms with Gasteiger partial charge in [0.15, 0.2) is 0 Å². The highest BCUT2D eigenvalue weighted by Crippen LogP contribution is 2.10. The number of nitrogens with one attached hydrogen (secondary N) is 1. The molecule has 0 bridgehead atoms. The second kappa shape index (κ2) is 7.63. The van der Waals surface area contributed by atoms with Gasteiger partial charge in [-0.3, -0.25) is 4.79 Å². The Morgan fingerprint density at radius 3 is 3.00 bits per heavy atom. The third kappa shape index (κ3) is 4.94. The Morgan fingerprint density at radius 2 is 2.25 bits per heavy atom. The number of rotatable bonds is 5. The molecule has 0 aromatic rings. The number of hydrogen-bond donors (Lipinski definition) is 1. The van der Waals surface area contributed by atoms with Crippen molar-refractivity contribution in [3.05, 3.63) is 0 Å². The SMILES string of the molecule is CCOCC(C)OC(=O)C1CCCCCN1. The predicted molar refractivity (Wildman–Crippen MR) is 62.3 cm³/mol. The fourth-order valence-corrected chi connectivity index (χ4v) is 1.83. The summed E-state index contributed by atoms with van der Waals surface area (Å²) >= 11 is 0. The van der Waals surface area contributed by atoms with E-state index in [1.165, 1.54) is 6.42 Å². The molecule has 4 nitrogen and oxygen atoms in total. The monoisotopic (exact) mass is 229 g/mol. The van der Waals surface area contributed by atoms with E-state index in [1.54, 1.807) is 0 Å². The molecule has 16 heavy (non-hydrogen) atoms. The minimum Gasteiger partial charge on any atom is -0.459 e. The number of esters is 1. The van der Waals surface area contributed by atoms with Gasteiger partial charge in [-0.1, -0.05) is 12.8 Å². The van der Waals surface area contributed by atoms with E-state index < -0.39 is 0 Å². The number of carbonyl (C=O) groups excluding carboxylic acids is 1. The lowest BCUT2D eigenvalue weighted by molar-refractivity contribution is -0.153. The van der Waals surface area contributed by atoms with Crippen LogP contribution in [0, 0.1) is 0 Å². The number of hydrogen-bond acceptors (Lipinski definition) is 4. The quantitative estimate of drug-likeness (QED) is 0.726. The van der Waals surface area contributed by atoms with Gasteiger partial charge in [-0.15, -0.1) is 0 Å². The van der Waals surface area contributed by atoms with E-state index in [9.17, 15) is 4.79 Å². The van der Waals surface area contributed by atoms with Gasteiger partial charge in [-0.2, -0.15) is 0 Å². The average Bonchev–Trinajstić information content (AvgIpc) is 2.54. The molecule has 1 rings (SSSR count). The van der Waals surface area contributed by atoms with Crippen molar-refractivity contribution in [3.63, 3.8) is 0 Å². The molecule has 1 heterocycles. The van der Waals surface area contributed by atoms with Gasteiger partial charge in [0.25, 0.3) is 0 Å². The molecule has 0 amide bonds. The van der Waals surface area contributed by atoms with Crippen LogP contribution < -0.4 is 5.32 Å².